The van der Waals surface area contributed by atoms with Gasteiger partial charge in [0.15, 0.2) is 0 Å². The van der Waals surface area contributed by atoms with Crippen LogP contribution in [0.4, 0.5) is 0 Å². The molecule has 0 bridgehead atoms. The number of ether oxygens (including phenoxy) is 2. The molecule has 3 nitrogen and oxygen atoms in total. The lowest BCUT2D eigenvalue weighted by Crippen LogP contribution is -2.22. The first-order valence-electron chi connectivity index (χ1n) is 6.74. The van der Waals surface area contributed by atoms with Crippen molar-refractivity contribution in [2.24, 2.45) is 5.92 Å². The second-order valence-electron chi connectivity index (χ2n) is 5.32. The molecule has 0 saturated carbocycles. The van der Waals surface area contributed by atoms with Crippen LogP contribution in [0.2, 0.25) is 0 Å². The fourth-order valence-electron chi connectivity index (χ4n) is 2.11. The Balaban J connectivity index is 2.00. The minimum absolute atomic E-state index is 0.156. The topological polar surface area (TPSA) is 30.5 Å². The second kappa shape index (κ2) is 6.21. The van der Waals surface area contributed by atoms with Gasteiger partial charge in [-0.05, 0) is 37.5 Å². The maximum absolute atomic E-state index is 5.92. The Bertz CT molecular complexity index is 361. The Hall–Kier alpha value is -1.06. The lowest BCUT2D eigenvalue weighted by molar-refractivity contribution is 0.0515. The highest BCUT2D eigenvalue weighted by Gasteiger charge is 2.17. The second-order valence-corrected chi connectivity index (χ2v) is 5.32. The van der Waals surface area contributed by atoms with Crippen LogP contribution in [0.5, 0.6) is 5.75 Å². The van der Waals surface area contributed by atoms with Crippen LogP contribution in [-0.2, 0) is 4.74 Å². The summed E-state index contributed by atoms with van der Waals surface area (Å²) in [5.74, 6) is 1.50. The van der Waals surface area contributed by atoms with E-state index in [0.29, 0.717) is 5.92 Å². The van der Waals surface area contributed by atoms with E-state index in [1.807, 2.05) is 26.0 Å². The summed E-state index contributed by atoms with van der Waals surface area (Å²) < 4.78 is 11.6. The Labute approximate surface area is 109 Å². The highest BCUT2D eigenvalue weighted by atomic mass is 16.5. The zero-order chi connectivity index (χ0) is 13.0. The first-order chi connectivity index (χ1) is 8.65. The maximum Gasteiger partial charge on any atom is 0.119 e. The van der Waals surface area contributed by atoms with Crippen molar-refractivity contribution in [2.45, 2.75) is 33.0 Å². The fourth-order valence-corrected chi connectivity index (χ4v) is 2.11. The quantitative estimate of drug-likeness (QED) is 0.893. The molecule has 1 fully saturated rings. The SMILES string of the molecule is CC1CNCC(c2ccc(OC(C)C)cc2)OC1. The van der Waals surface area contributed by atoms with Crippen molar-refractivity contribution in [3.05, 3.63) is 29.8 Å². The molecule has 1 saturated heterocycles. The smallest absolute Gasteiger partial charge is 0.119 e. The molecular weight excluding hydrogens is 226 g/mol. The van der Waals surface area contributed by atoms with Gasteiger partial charge in [0.1, 0.15) is 5.75 Å². The Morgan fingerprint density at radius 2 is 1.94 bits per heavy atom. The number of hydrogen-bond acceptors (Lipinski definition) is 3. The summed E-state index contributed by atoms with van der Waals surface area (Å²) in [6, 6.07) is 8.24. The molecule has 1 aliphatic rings. The molecule has 0 amide bonds. The maximum atomic E-state index is 5.92. The summed E-state index contributed by atoms with van der Waals surface area (Å²) in [4.78, 5) is 0. The van der Waals surface area contributed by atoms with Crippen molar-refractivity contribution in [2.75, 3.05) is 19.7 Å². The lowest BCUT2D eigenvalue weighted by Gasteiger charge is -2.16. The Morgan fingerprint density at radius 1 is 1.22 bits per heavy atom. The van der Waals surface area contributed by atoms with E-state index in [1.165, 1.54) is 5.56 Å². The molecule has 100 valence electrons. The monoisotopic (exact) mass is 249 g/mol. The third kappa shape index (κ3) is 3.72. The first kappa shape index (κ1) is 13.4. The van der Waals surface area contributed by atoms with Gasteiger partial charge >= 0.3 is 0 Å². The average molecular weight is 249 g/mol. The summed E-state index contributed by atoms with van der Waals surface area (Å²) in [6.45, 7) is 9.01. The molecule has 2 rings (SSSR count). The third-order valence-electron chi connectivity index (χ3n) is 3.03. The molecule has 2 unspecified atom stereocenters. The van der Waals surface area contributed by atoms with E-state index < -0.39 is 0 Å². The molecule has 0 radical (unpaired) electrons. The molecule has 1 aliphatic heterocycles. The van der Waals surface area contributed by atoms with Gasteiger partial charge in [-0.15, -0.1) is 0 Å². The van der Waals surface area contributed by atoms with Gasteiger partial charge < -0.3 is 14.8 Å². The fraction of sp³-hybridized carbons (Fsp3) is 0.600. The van der Waals surface area contributed by atoms with Gasteiger partial charge in [-0.25, -0.2) is 0 Å². The normalized spacial score (nSPS) is 24.9. The van der Waals surface area contributed by atoms with Crippen LogP contribution >= 0.6 is 0 Å². The van der Waals surface area contributed by atoms with Gasteiger partial charge in [0.2, 0.25) is 0 Å². The summed E-state index contributed by atoms with van der Waals surface area (Å²) in [7, 11) is 0. The minimum atomic E-state index is 0.156. The number of nitrogens with one attached hydrogen (secondary N) is 1. The number of rotatable bonds is 3. The molecule has 0 aromatic heterocycles. The summed E-state index contributed by atoms with van der Waals surface area (Å²) in [5.41, 5.74) is 1.22. The Kier molecular flexibility index (Phi) is 4.61. The van der Waals surface area contributed by atoms with Crippen LogP contribution in [0.1, 0.15) is 32.4 Å². The summed E-state index contributed by atoms with van der Waals surface area (Å²) in [5, 5.41) is 3.44. The van der Waals surface area contributed by atoms with Crippen LogP contribution in [0.25, 0.3) is 0 Å². The van der Waals surface area contributed by atoms with Crippen molar-refractivity contribution in [1.82, 2.24) is 5.32 Å². The molecule has 3 heteroatoms. The summed E-state index contributed by atoms with van der Waals surface area (Å²) >= 11 is 0. The molecule has 1 N–H and O–H groups in total. The minimum Gasteiger partial charge on any atom is -0.491 e. The third-order valence-corrected chi connectivity index (χ3v) is 3.03. The van der Waals surface area contributed by atoms with Crippen LogP contribution < -0.4 is 10.1 Å². The van der Waals surface area contributed by atoms with Gasteiger partial charge in [0.25, 0.3) is 0 Å². The van der Waals surface area contributed by atoms with Gasteiger partial charge in [-0.1, -0.05) is 19.1 Å². The highest BCUT2D eigenvalue weighted by Crippen LogP contribution is 2.22. The van der Waals surface area contributed by atoms with Crippen molar-refractivity contribution in [1.29, 1.82) is 0 Å². The van der Waals surface area contributed by atoms with E-state index in [9.17, 15) is 0 Å². The van der Waals surface area contributed by atoms with E-state index in [0.717, 1.165) is 25.4 Å². The van der Waals surface area contributed by atoms with Crippen molar-refractivity contribution in [3.8, 4) is 5.75 Å². The summed E-state index contributed by atoms with van der Waals surface area (Å²) in [6.07, 6.45) is 0.371. The standard InChI is InChI=1S/C15H23NO2/c1-11(2)18-14-6-4-13(5-7-14)15-9-16-8-12(3)10-17-15/h4-7,11-12,15-16H,8-10H2,1-3H3. The van der Waals surface area contributed by atoms with Gasteiger partial charge in [-0.2, -0.15) is 0 Å². The molecule has 1 heterocycles. The lowest BCUT2D eigenvalue weighted by atomic mass is 10.1. The van der Waals surface area contributed by atoms with E-state index >= 15 is 0 Å². The molecule has 0 spiro atoms. The van der Waals surface area contributed by atoms with E-state index in [4.69, 9.17) is 9.47 Å². The van der Waals surface area contributed by atoms with E-state index in [1.54, 1.807) is 0 Å². The molecule has 1 aromatic rings. The van der Waals surface area contributed by atoms with Crippen LogP contribution in [0.3, 0.4) is 0 Å². The van der Waals surface area contributed by atoms with Crippen molar-refractivity contribution < 1.29 is 9.47 Å². The first-order valence-corrected chi connectivity index (χ1v) is 6.74. The van der Waals surface area contributed by atoms with Gasteiger partial charge in [-0.3, -0.25) is 0 Å². The van der Waals surface area contributed by atoms with Crippen molar-refractivity contribution >= 4 is 0 Å². The van der Waals surface area contributed by atoms with Gasteiger partial charge in [0, 0.05) is 13.1 Å². The molecular formula is C15H23NO2. The highest BCUT2D eigenvalue weighted by molar-refractivity contribution is 5.29. The predicted molar refractivity (Wildman–Crippen MR) is 72.9 cm³/mol. The molecule has 0 aliphatic carbocycles. The van der Waals surface area contributed by atoms with Crippen LogP contribution in [0, 0.1) is 5.92 Å². The number of hydrogen-bond donors (Lipinski definition) is 1. The zero-order valence-electron chi connectivity index (χ0n) is 11.5. The Morgan fingerprint density at radius 3 is 2.61 bits per heavy atom. The van der Waals surface area contributed by atoms with Gasteiger partial charge in [0.05, 0.1) is 18.8 Å². The average Bonchev–Trinajstić information content (AvgIpc) is 2.54. The van der Waals surface area contributed by atoms with E-state index in [2.05, 4.69) is 24.4 Å². The predicted octanol–water partition coefficient (Wildman–Crippen LogP) is 2.77. The zero-order valence-corrected chi connectivity index (χ0v) is 11.5. The van der Waals surface area contributed by atoms with E-state index in [-0.39, 0.29) is 12.2 Å². The van der Waals surface area contributed by atoms with Crippen molar-refractivity contribution in [3.63, 3.8) is 0 Å². The molecule has 18 heavy (non-hydrogen) atoms. The van der Waals surface area contributed by atoms with Crippen LogP contribution in [0.15, 0.2) is 24.3 Å². The largest absolute Gasteiger partial charge is 0.491 e. The van der Waals surface area contributed by atoms with Crippen LogP contribution in [-0.4, -0.2) is 25.8 Å². The molecule has 1 aromatic carbocycles. The number of benzene rings is 1. The molecule has 2 atom stereocenters.